The molecule has 0 saturated carbocycles. The van der Waals surface area contributed by atoms with Crippen LogP contribution in [0.15, 0.2) is 41.3 Å². The minimum absolute atomic E-state index is 0.0739. The van der Waals surface area contributed by atoms with E-state index in [1.807, 2.05) is 0 Å². The Balaban J connectivity index is 1.81. The van der Waals surface area contributed by atoms with Crippen molar-refractivity contribution in [3.05, 3.63) is 86.0 Å². The lowest BCUT2D eigenvalue weighted by molar-refractivity contribution is -0.140. The number of phenols is 2. The van der Waals surface area contributed by atoms with E-state index in [1.165, 1.54) is 31.8 Å². The second-order valence-electron chi connectivity index (χ2n) is 10.2. The number of carbonyl (C=O) groups excluding carboxylic acids is 2. The highest BCUT2D eigenvalue weighted by molar-refractivity contribution is 5.98. The lowest BCUT2D eigenvalue weighted by Crippen LogP contribution is -2.26. The summed E-state index contributed by atoms with van der Waals surface area (Å²) in [5, 5.41) is 34.6. The van der Waals surface area contributed by atoms with Crippen LogP contribution in [0.1, 0.15) is 69.2 Å². The number of ketones is 1. The maximum Gasteiger partial charge on any atom is 0.306 e. The van der Waals surface area contributed by atoms with Crippen LogP contribution < -0.4 is 10.3 Å². The Morgan fingerprint density at radius 2 is 1.86 bits per heavy atom. The summed E-state index contributed by atoms with van der Waals surface area (Å²) in [4.78, 5) is 43.4. The van der Waals surface area contributed by atoms with Gasteiger partial charge in [0.2, 0.25) is 0 Å². The van der Waals surface area contributed by atoms with Gasteiger partial charge in [0.05, 0.1) is 44.0 Å². The Kier molecular flexibility index (Phi) is 7.38. The molecule has 0 aliphatic carbocycles. The number of fused-ring (bicyclic) bond motifs is 2. The number of benzene rings is 2. The maximum atomic E-state index is 13.8. The first kappa shape index (κ1) is 28.6. The molecule has 3 heterocycles. The second-order valence-corrected chi connectivity index (χ2v) is 10.2. The summed E-state index contributed by atoms with van der Waals surface area (Å²) in [5.74, 6) is -3.13. The van der Waals surface area contributed by atoms with Gasteiger partial charge in [0.1, 0.15) is 29.1 Å². The summed E-state index contributed by atoms with van der Waals surface area (Å²) in [6, 6.07) is 8.02. The number of esters is 1. The predicted molar refractivity (Wildman–Crippen MR) is 151 cm³/mol. The summed E-state index contributed by atoms with van der Waals surface area (Å²) in [7, 11) is 4.25. The number of ether oxygens (including phenoxy) is 3. The zero-order valence-corrected chi connectivity index (χ0v) is 23.7. The molecule has 5 rings (SSSR count). The number of hydrogen-bond acceptors (Lipinski definition) is 10. The quantitative estimate of drug-likeness (QED) is 0.219. The van der Waals surface area contributed by atoms with Gasteiger partial charge < -0.3 is 34.1 Å². The summed E-state index contributed by atoms with van der Waals surface area (Å²) in [6.45, 7) is 2.93. The number of phenolic OH excluding ortho intramolecular Hbond substituents is 2. The van der Waals surface area contributed by atoms with Crippen molar-refractivity contribution in [2.75, 3.05) is 14.2 Å². The highest BCUT2D eigenvalue weighted by Gasteiger charge is 2.37. The molecule has 0 unspecified atom stereocenters. The molecule has 0 radical (unpaired) electrons. The van der Waals surface area contributed by atoms with Gasteiger partial charge >= 0.3 is 5.97 Å². The van der Waals surface area contributed by atoms with E-state index in [2.05, 4.69) is 4.98 Å². The van der Waals surface area contributed by atoms with Crippen molar-refractivity contribution in [3.8, 4) is 23.0 Å². The fraction of sp³-hybridized carbons (Fsp3) is 0.290. The lowest BCUT2D eigenvalue weighted by atomic mass is 9.83. The molecule has 11 heteroatoms. The average Bonchev–Trinajstić information content (AvgIpc) is 3.40. The second kappa shape index (κ2) is 10.8. The summed E-state index contributed by atoms with van der Waals surface area (Å²) in [6.07, 6.45) is 0.0959. The number of rotatable bonds is 7. The van der Waals surface area contributed by atoms with Crippen molar-refractivity contribution in [2.24, 2.45) is 7.05 Å². The highest BCUT2D eigenvalue weighted by Crippen LogP contribution is 2.50. The Labute approximate surface area is 240 Å². The molecule has 218 valence electrons. The summed E-state index contributed by atoms with van der Waals surface area (Å²) >= 11 is 0. The number of pyridine rings is 2. The van der Waals surface area contributed by atoms with Crippen molar-refractivity contribution in [1.82, 2.24) is 9.55 Å². The molecule has 0 bridgehead atoms. The van der Waals surface area contributed by atoms with E-state index in [4.69, 9.17) is 14.2 Å². The number of nitrogens with zero attached hydrogens (tertiary/aromatic N) is 2. The minimum atomic E-state index is -1.23. The van der Waals surface area contributed by atoms with E-state index in [0.717, 1.165) is 0 Å². The normalized spacial score (nSPS) is 14.9. The fourth-order valence-electron chi connectivity index (χ4n) is 5.53. The third-order valence-corrected chi connectivity index (χ3v) is 7.81. The number of hydrogen-bond donors (Lipinski definition) is 3. The van der Waals surface area contributed by atoms with E-state index in [-0.39, 0.29) is 34.6 Å². The van der Waals surface area contributed by atoms with Crippen LogP contribution in [0.5, 0.6) is 23.0 Å². The third-order valence-electron chi connectivity index (χ3n) is 7.81. The van der Waals surface area contributed by atoms with Gasteiger partial charge in [0.25, 0.3) is 5.56 Å². The van der Waals surface area contributed by atoms with Crippen LogP contribution in [0.2, 0.25) is 0 Å². The largest absolute Gasteiger partial charge is 0.507 e. The Bertz CT molecular complexity index is 1830. The average molecular weight is 575 g/mol. The summed E-state index contributed by atoms with van der Waals surface area (Å²) < 4.78 is 17.5. The molecular weight excluding hydrogens is 544 g/mol. The van der Waals surface area contributed by atoms with Crippen LogP contribution in [-0.4, -0.2) is 50.8 Å². The van der Waals surface area contributed by atoms with Crippen molar-refractivity contribution in [1.29, 1.82) is 0 Å². The molecule has 2 atom stereocenters. The number of aryl methyl sites for hydroxylation is 2. The van der Waals surface area contributed by atoms with E-state index in [1.54, 1.807) is 44.4 Å². The zero-order valence-electron chi connectivity index (χ0n) is 23.7. The molecule has 0 amide bonds. The first-order valence-electron chi connectivity index (χ1n) is 13.1. The van der Waals surface area contributed by atoms with Gasteiger partial charge in [-0.2, -0.15) is 0 Å². The van der Waals surface area contributed by atoms with Crippen LogP contribution in [0, 0.1) is 6.92 Å². The molecule has 3 N–H and O–H groups in total. The van der Waals surface area contributed by atoms with Crippen LogP contribution in [-0.2, 0) is 27.9 Å². The van der Waals surface area contributed by atoms with E-state index in [9.17, 15) is 29.7 Å². The van der Waals surface area contributed by atoms with Gasteiger partial charge in [0, 0.05) is 53.0 Å². The van der Waals surface area contributed by atoms with Crippen molar-refractivity contribution >= 4 is 22.7 Å². The molecule has 4 aromatic rings. The smallest absolute Gasteiger partial charge is 0.306 e. The first-order valence-corrected chi connectivity index (χ1v) is 13.1. The molecule has 42 heavy (non-hydrogen) atoms. The zero-order chi connectivity index (χ0) is 30.5. The van der Waals surface area contributed by atoms with Crippen LogP contribution >= 0.6 is 0 Å². The number of carbonyl (C=O) groups is 2. The molecule has 2 aromatic heterocycles. The van der Waals surface area contributed by atoms with Gasteiger partial charge in [-0.05, 0) is 43.5 Å². The van der Waals surface area contributed by atoms with Gasteiger partial charge in [-0.3, -0.25) is 19.4 Å². The molecule has 1 aliphatic rings. The minimum Gasteiger partial charge on any atom is -0.507 e. The molecule has 1 aliphatic heterocycles. The van der Waals surface area contributed by atoms with Gasteiger partial charge in [-0.1, -0.05) is 0 Å². The van der Waals surface area contributed by atoms with E-state index >= 15 is 0 Å². The third kappa shape index (κ3) is 4.61. The van der Waals surface area contributed by atoms with Crippen molar-refractivity contribution in [3.63, 3.8) is 0 Å². The SMILES string of the molecule is COC(=O)C[C@@H](c1c(O)c(C(C)=O)cc([C@@H]2OCc3cnc(C)c(O)c32)c1O)c1cc2ccc(OC)cc2n(C)c1=O. The maximum absolute atomic E-state index is 13.8. The van der Waals surface area contributed by atoms with E-state index in [0.29, 0.717) is 33.5 Å². The number of Topliss-reactive ketones (excluding diaryl/α,β-unsaturated/α-hetero) is 1. The Morgan fingerprint density at radius 3 is 2.52 bits per heavy atom. The van der Waals surface area contributed by atoms with Gasteiger partial charge in [0.15, 0.2) is 5.78 Å². The lowest BCUT2D eigenvalue weighted by Gasteiger charge is -2.25. The molecule has 0 saturated heterocycles. The van der Waals surface area contributed by atoms with Gasteiger partial charge in [-0.15, -0.1) is 0 Å². The van der Waals surface area contributed by atoms with Crippen molar-refractivity contribution < 1.29 is 39.1 Å². The first-order chi connectivity index (χ1) is 20.0. The monoisotopic (exact) mass is 574 g/mol. The molecule has 0 spiro atoms. The van der Waals surface area contributed by atoms with Crippen molar-refractivity contribution in [2.45, 2.75) is 38.9 Å². The number of aromatic hydroxyl groups is 3. The van der Waals surface area contributed by atoms with Crippen LogP contribution in [0.25, 0.3) is 10.9 Å². The number of aromatic nitrogens is 2. The van der Waals surface area contributed by atoms with Crippen LogP contribution in [0.4, 0.5) is 0 Å². The fourth-order valence-corrected chi connectivity index (χ4v) is 5.53. The molecule has 0 fully saturated rings. The van der Waals surface area contributed by atoms with E-state index < -0.39 is 47.3 Å². The molecule has 11 nitrogen and oxygen atoms in total. The standard InChI is InChI=1S/C31H30N2O9/c1-14-27(36)25-17(12-32-14)13-42-30(25)22-10-19(15(2)34)28(37)26(29(22)38)20(11-24(35)41-5)21-8-16-6-7-18(40-4)9-23(16)33(3)31(21)39/h6-10,12,20,30,36-38H,11,13H2,1-5H3/t20-,30+/m1/s1. The topological polar surface area (TPSA) is 157 Å². The Hall–Kier alpha value is -4.90. The molecular formula is C31H30N2O9. The predicted octanol–water partition coefficient (Wildman–Crippen LogP) is 3.88. The Morgan fingerprint density at radius 1 is 1.12 bits per heavy atom. The number of methoxy groups -OCH3 is 2. The summed E-state index contributed by atoms with van der Waals surface area (Å²) in [5.41, 5.74) is 1.14. The van der Waals surface area contributed by atoms with Crippen LogP contribution in [0.3, 0.4) is 0 Å². The van der Waals surface area contributed by atoms with Gasteiger partial charge in [-0.25, -0.2) is 0 Å². The highest BCUT2D eigenvalue weighted by atomic mass is 16.5. The molecule has 2 aromatic carbocycles.